The molecule has 5 nitrogen and oxygen atoms in total. The molecule has 148 valence electrons. The van der Waals surface area contributed by atoms with Gasteiger partial charge in [0.05, 0.1) is 17.9 Å². The van der Waals surface area contributed by atoms with Crippen LogP contribution in [-0.4, -0.2) is 41.2 Å². The third kappa shape index (κ3) is 4.75. The first-order valence-electron chi connectivity index (χ1n) is 9.42. The molecular weight excluding hydrogens is 372 g/mol. The van der Waals surface area contributed by atoms with Gasteiger partial charge in [-0.1, -0.05) is 48.5 Å². The summed E-state index contributed by atoms with van der Waals surface area (Å²) in [5.41, 5.74) is 2.17. The molecule has 0 saturated carbocycles. The summed E-state index contributed by atoms with van der Waals surface area (Å²) in [5.74, 6) is -2.34. The van der Waals surface area contributed by atoms with Crippen LogP contribution < -0.4 is 5.32 Å². The van der Waals surface area contributed by atoms with Gasteiger partial charge in [-0.05, 0) is 30.4 Å². The maximum absolute atomic E-state index is 12.9. The normalized spacial score (nSPS) is 20.6. The third-order valence-electron chi connectivity index (χ3n) is 5.26. The Morgan fingerprint density at radius 3 is 2.43 bits per heavy atom. The van der Waals surface area contributed by atoms with Crippen LogP contribution in [0.15, 0.2) is 59.5 Å². The molecule has 1 heterocycles. The number of hydrogen-bond acceptors (Lipinski definition) is 4. The number of benzene rings is 2. The molecule has 1 amide bonds. The summed E-state index contributed by atoms with van der Waals surface area (Å²) in [7, 11) is 0. The lowest BCUT2D eigenvalue weighted by atomic mass is 9.94. The Morgan fingerprint density at radius 1 is 1.11 bits per heavy atom. The van der Waals surface area contributed by atoms with Gasteiger partial charge in [0.2, 0.25) is 5.91 Å². The summed E-state index contributed by atoms with van der Waals surface area (Å²) in [5, 5.41) is 12.7. The molecular formula is C22H26N2O3S. The van der Waals surface area contributed by atoms with Crippen molar-refractivity contribution in [2.75, 3.05) is 19.3 Å². The van der Waals surface area contributed by atoms with Crippen LogP contribution in [0.25, 0.3) is 0 Å². The van der Waals surface area contributed by atoms with Crippen LogP contribution in [0.5, 0.6) is 0 Å². The molecule has 3 atom stereocenters. The largest absolute Gasteiger partial charge is 0.481 e. The van der Waals surface area contributed by atoms with Gasteiger partial charge in [-0.3, -0.25) is 14.5 Å². The molecule has 2 N–H and O–H groups in total. The highest BCUT2D eigenvalue weighted by Crippen LogP contribution is 2.29. The average Bonchev–Trinajstić information content (AvgIpc) is 3.13. The number of amides is 1. The second kappa shape index (κ2) is 9.26. The van der Waals surface area contributed by atoms with Gasteiger partial charge < -0.3 is 10.4 Å². The Labute approximate surface area is 170 Å². The van der Waals surface area contributed by atoms with Crippen molar-refractivity contribution in [3.8, 4) is 0 Å². The zero-order valence-corrected chi connectivity index (χ0v) is 17.0. The molecule has 2 aromatic rings. The number of carboxylic acid groups (broad SMARTS) is 1. The van der Waals surface area contributed by atoms with Crippen molar-refractivity contribution in [2.24, 2.45) is 11.8 Å². The van der Waals surface area contributed by atoms with E-state index in [2.05, 4.69) is 10.2 Å². The summed E-state index contributed by atoms with van der Waals surface area (Å²) in [6.07, 6.45) is 2.01. The van der Waals surface area contributed by atoms with Crippen molar-refractivity contribution in [3.05, 3.63) is 65.7 Å². The Hall–Kier alpha value is -2.31. The number of carboxylic acids is 1. The van der Waals surface area contributed by atoms with Crippen LogP contribution in [-0.2, 0) is 16.1 Å². The van der Waals surface area contributed by atoms with E-state index < -0.39 is 17.8 Å². The van der Waals surface area contributed by atoms with Crippen molar-refractivity contribution in [2.45, 2.75) is 24.4 Å². The second-order valence-corrected chi connectivity index (χ2v) is 8.05. The molecule has 1 saturated heterocycles. The minimum absolute atomic E-state index is 0.172. The van der Waals surface area contributed by atoms with Gasteiger partial charge in [0.15, 0.2) is 0 Å². The number of carbonyl (C=O) groups is 2. The number of aliphatic carboxylic acids is 1. The van der Waals surface area contributed by atoms with Gasteiger partial charge >= 0.3 is 5.97 Å². The van der Waals surface area contributed by atoms with Gasteiger partial charge in [0, 0.05) is 24.5 Å². The maximum atomic E-state index is 12.9. The van der Waals surface area contributed by atoms with Gasteiger partial charge in [0.1, 0.15) is 0 Å². The third-order valence-corrected chi connectivity index (χ3v) is 6.07. The van der Waals surface area contributed by atoms with Gasteiger partial charge in [-0.15, -0.1) is 11.8 Å². The summed E-state index contributed by atoms with van der Waals surface area (Å²) >= 11 is 1.64. The van der Waals surface area contributed by atoms with Crippen LogP contribution in [0, 0.1) is 11.8 Å². The van der Waals surface area contributed by atoms with E-state index >= 15 is 0 Å². The molecule has 0 aromatic heterocycles. The Kier molecular flexibility index (Phi) is 6.75. The van der Waals surface area contributed by atoms with Crippen molar-refractivity contribution >= 4 is 23.6 Å². The molecule has 2 aromatic carbocycles. The van der Waals surface area contributed by atoms with E-state index in [4.69, 9.17) is 0 Å². The fourth-order valence-corrected chi connectivity index (χ4v) is 4.49. The number of rotatable bonds is 7. The quantitative estimate of drug-likeness (QED) is 0.700. The molecule has 1 aliphatic heterocycles. The van der Waals surface area contributed by atoms with Crippen molar-refractivity contribution in [1.29, 1.82) is 0 Å². The average molecular weight is 399 g/mol. The molecule has 0 spiro atoms. The van der Waals surface area contributed by atoms with E-state index in [9.17, 15) is 14.7 Å². The number of nitrogens with one attached hydrogen (secondary N) is 1. The van der Waals surface area contributed by atoms with E-state index in [1.807, 2.05) is 67.8 Å². The number of nitrogens with zero attached hydrogens (tertiary/aromatic N) is 1. The lowest BCUT2D eigenvalue weighted by Gasteiger charge is -2.21. The lowest BCUT2D eigenvalue weighted by molar-refractivity contribution is -0.145. The topological polar surface area (TPSA) is 69.6 Å². The molecule has 3 rings (SSSR count). The summed E-state index contributed by atoms with van der Waals surface area (Å²) in [6.45, 7) is 3.44. The van der Waals surface area contributed by atoms with E-state index in [1.165, 1.54) is 0 Å². The molecule has 0 aliphatic carbocycles. The fourth-order valence-electron chi connectivity index (χ4n) is 3.79. The van der Waals surface area contributed by atoms with E-state index in [0.29, 0.717) is 19.6 Å². The standard InChI is InChI=1S/C22H26N2O3S/c1-15(17-10-6-7-11-20(17)28-2)23-21(25)18-13-24(14-19(18)22(26)27)12-16-8-4-3-5-9-16/h3-11,15,18-19H,12-14H2,1-2H3,(H,23,25)(H,26,27)/t15-,18?,19?/m1/s1. The first-order valence-corrected chi connectivity index (χ1v) is 10.6. The summed E-state index contributed by atoms with van der Waals surface area (Å²) < 4.78 is 0. The summed E-state index contributed by atoms with van der Waals surface area (Å²) in [4.78, 5) is 27.9. The zero-order valence-electron chi connectivity index (χ0n) is 16.2. The van der Waals surface area contributed by atoms with Gasteiger partial charge in [-0.2, -0.15) is 0 Å². The van der Waals surface area contributed by atoms with Crippen LogP contribution in [0.4, 0.5) is 0 Å². The number of thioether (sulfide) groups is 1. The van der Waals surface area contributed by atoms with E-state index in [-0.39, 0.29) is 11.9 Å². The molecule has 2 unspecified atom stereocenters. The molecule has 0 bridgehead atoms. The van der Waals surface area contributed by atoms with Crippen LogP contribution >= 0.6 is 11.8 Å². The second-order valence-electron chi connectivity index (χ2n) is 7.20. The zero-order chi connectivity index (χ0) is 20.1. The summed E-state index contributed by atoms with van der Waals surface area (Å²) in [6, 6.07) is 17.7. The molecule has 28 heavy (non-hydrogen) atoms. The minimum Gasteiger partial charge on any atom is -0.481 e. The fraction of sp³-hybridized carbons (Fsp3) is 0.364. The highest BCUT2D eigenvalue weighted by atomic mass is 32.2. The molecule has 0 radical (unpaired) electrons. The van der Waals surface area contributed by atoms with Crippen molar-refractivity contribution in [1.82, 2.24) is 10.2 Å². The van der Waals surface area contributed by atoms with Crippen LogP contribution in [0.1, 0.15) is 24.1 Å². The predicted molar refractivity (Wildman–Crippen MR) is 111 cm³/mol. The van der Waals surface area contributed by atoms with Crippen LogP contribution in [0.3, 0.4) is 0 Å². The van der Waals surface area contributed by atoms with Crippen LogP contribution in [0.2, 0.25) is 0 Å². The van der Waals surface area contributed by atoms with Crippen molar-refractivity contribution in [3.63, 3.8) is 0 Å². The highest BCUT2D eigenvalue weighted by molar-refractivity contribution is 7.98. The SMILES string of the molecule is CSc1ccccc1[C@@H](C)NC(=O)C1CN(Cc2ccccc2)CC1C(=O)O. The highest BCUT2D eigenvalue weighted by Gasteiger charge is 2.42. The molecule has 6 heteroatoms. The van der Waals surface area contributed by atoms with E-state index in [0.717, 1.165) is 16.0 Å². The predicted octanol–water partition coefficient (Wildman–Crippen LogP) is 3.42. The Morgan fingerprint density at radius 2 is 1.75 bits per heavy atom. The lowest BCUT2D eigenvalue weighted by Crippen LogP contribution is -2.38. The number of likely N-dealkylation sites (tertiary alicyclic amines) is 1. The van der Waals surface area contributed by atoms with E-state index in [1.54, 1.807) is 11.8 Å². The number of hydrogen-bond donors (Lipinski definition) is 2. The van der Waals surface area contributed by atoms with Gasteiger partial charge in [0.25, 0.3) is 0 Å². The molecule has 1 aliphatic rings. The first kappa shape index (κ1) is 20.4. The maximum Gasteiger partial charge on any atom is 0.308 e. The Bertz CT molecular complexity index is 828. The smallest absolute Gasteiger partial charge is 0.308 e. The van der Waals surface area contributed by atoms with Crippen molar-refractivity contribution < 1.29 is 14.7 Å². The monoisotopic (exact) mass is 398 g/mol. The number of carbonyl (C=O) groups excluding carboxylic acids is 1. The minimum atomic E-state index is -0.909. The Balaban J connectivity index is 1.69. The van der Waals surface area contributed by atoms with Gasteiger partial charge in [-0.25, -0.2) is 0 Å². The molecule has 1 fully saturated rings. The first-order chi connectivity index (χ1) is 13.5.